The third kappa shape index (κ3) is 4.01. The summed E-state index contributed by atoms with van der Waals surface area (Å²) in [6.45, 7) is 2.01. The zero-order valence-corrected chi connectivity index (χ0v) is 8.64. The second kappa shape index (κ2) is 5.38. The number of anilines is 1. The van der Waals surface area contributed by atoms with E-state index in [9.17, 15) is 0 Å². The smallest absolute Gasteiger partial charge is 0.431 e. The van der Waals surface area contributed by atoms with Crippen molar-refractivity contribution in [3.05, 3.63) is 29.8 Å². The molecule has 1 rings (SSSR count). The molecule has 0 aliphatic carbocycles. The summed E-state index contributed by atoms with van der Waals surface area (Å²) >= 11 is 0. The molecule has 0 aliphatic heterocycles. The van der Waals surface area contributed by atoms with Gasteiger partial charge in [0.2, 0.25) is 0 Å². The first kappa shape index (κ1) is 11.5. The summed E-state index contributed by atoms with van der Waals surface area (Å²) in [5.41, 5.74) is 12.9. The molecule has 6 heteroatoms. The van der Waals surface area contributed by atoms with Crippen molar-refractivity contribution in [2.24, 2.45) is 16.4 Å². The standard InChI is InChI=1S/C9H15BN4O/c1-10(15)14-9(12)13-8-4-2-3-7(5-8)6-11/h2-5,15H,6,11H2,1H3,(H3,12,13,14). The van der Waals surface area contributed by atoms with E-state index < -0.39 is 7.05 Å². The first-order valence-electron chi connectivity index (χ1n) is 4.69. The Hall–Kier alpha value is -1.53. The van der Waals surface area contributed by atoms with Gasteiger partial charge in [-0.15, -0.1) is 0 Å². The van der Waals surface area contributed by atoms with Crippen LogP contribution in [0.15, 0.2) is 29.2 Å². The average Bonchev–Trinajstić information content (AvgIpc) is 2.16. The van der Waals surface area contributed by atoms with Crippen LogP contribution < -0.4 is 16.8 Å². The molecule has 0 heterocycles. The first-order valence-corrected chi connectivity index (χ1v) is 4.69. The van der Waals surface area contributed by atoms with Gasteiger partial charge in [0, 0.05) is 12.2 Å². The highest BCUT2D eigenvalue weighted by atomic mass is 16.2. The van der Waals surface area contributed by atoms with Gasteiger partial charge in [0.05, 0.1) is 0 Å². The number of nitrogens with one attached hydrogen (secondary N) is 1. The fraction of sp³-hybridized carbons (Fsp3) is 0.222. The summed E-state index contributed by atoms with van der Waals surface area (Å²) in [7, 11) is -0.810. The molecule has 0 saturated carbocycles. The van der Waals surface area contributed by atoms with Crippen LogP contribution in [0.2, 0.25) is 6.82 Å². The lowest BCUT2D eigenvalue weighted by Crippen LogP contribution is -2.25. The van der Waals surface area contributed by atoms with Crippen LogP contribution in [0.3, 0.4) is 0 Å². The lowest BCUT2D eigenvalue weighted by molar-refractivity contribution is 0.581. The van der Waals surface area contributed by atoms with Crippen molar-refractivity contribution < 1.29 is 5.02 Å². The second-order valence-electron chi connectivity index (χ2n) is 3.18. The summed E-state index contributed by atoms with van der Waals surface area (Å²) in [6.07, 6.45) is 0. The van der Waals surface area contributed by atoms with Crippen LogP contribution in [0.4, 0.5) is 5.69 Å². The van der Waals surface area contributed by atoms with Crippen molar-refractivity contribution in [3.8, 4) is 0 Å². The van der Waals surface area contributed by atoms with Gasteiger partial charge < -0.3 is 21.8 Å². The van der Waals surface area contributed by atoms with E-state index in [1.165, 1.54) is 6.82 Å². The predicted molar refractivity (Wildman–Crippen MR) is 63.4 cm³/mol. The Morgan fingerprint density at radius 3 is 2.93 bits per heavy atom. The fourth-order valence-corrected chi connectivity index (χ4v) is 1.16. The lowest BCUT2D eigenvalue weighted by atomic mass is 9.91. The van der Waals surface area contributed by atoms with Gasteiger partial charge in [-0.3, -0.25) is 4.90 Å². The van der Waals surface area contributed by atoms with Crippen LogP contribution in [-0.2, 0) is 6.54 Å². The van der Waals surface area contributed by atoms with Crippen LogP contribution >= 0.6 is 0 Å². The topological polar surface area (TPSA) is 96.7 Å². The predicted octanol–water partition coefficient (Wildman–Crippen LogP) is -0.0178. The third-order valence-electron chi connectivity index (χ3n) is 1.76. The number of guanidine groups is 1. The molecule has 0 spiro atoms. The SMILES string of the molecule is CB(O)N=C(N)Nc1cccc(CN)c1. The number of hydrogen-bond acceptors (Lipinski definition) is 3. The van der Waals surface area contributed by atoms with Gasteiger partial charge in [0.25, 0.3) is 0 Å². The quantitative estimate of drug-likeness (QED) is 0.317. The van der Waals surface area contributed by atoms with E-state index in [2.05, 4.69) is 10.2 Å². The van der Waals surface area contributed by atoms with E-state index in [1.807, 2.05) is 24.3 Å². The Morgan fingerprint density at radius 1 is 1.60 bits per heavy atom. The minimum Gasteiger partial charge on any atom is -0.431 e. The van der Waals surface area contributed by atoms with E-state index in [-0.39, 0.29) is 5.96 Å². The molecule has 1 aromatic rings. The van der Waals surface area contributed by atoms with Crippen molar-refractivity contribution in [2.45, 2.75) is 13.4 Å². The van der Waals surface area contributed by atoms with Crippen molar-refractivity contribution in [2.75, 3.05) is 5.32 Å². The first-order chi connectivity index (χ1) is 7.11. The van der Waals surface area contributed by atoms with Crippen LogP contribution in [-0.4, -0.2) is 18.0 Å². The number of hydrogen-bond donors (Lipinski definition) is 4. The average molecular weight is 206 g/mol. The number of nitrogens with zero attached hydrogens (tertiary/aromatic N) is 1. The van der Waals surface area contributed by atoms with Crippen molar-refractivity contribution in [1.82, 2.24) is 0 Å². The Kier molecular flexibility index (Phi) is 4.14. The summed E-state index contributed by atoms with van der Waals surface area (Å²) < 4.78 is 0. The van der Waals surface area contributed by atoms with Crippen molar-refractivity contribution in [3.63, 3.8) is 0 Å². The van der Waals surface area contributed by atoms with E-state index in [4.69, 9.17) is 16.5 Å². The Bertz CT molecular complexity index is 354. The number of rotatable bonds is 3. The highest BCUT2D eigenvalue weighted by molar-refractivity contribution is 6.48. The van der Waals surface area contributed by atoms with Crippen LogP contribution in [0.1, 0.15) is 5.56 Å². The molecule has 0 aromatic heterocycles. The summed E-state index contributed by atoms with van der Waals surface area (Å²) in [5, 5.41) is 11.8. The summed E-state index contributed by atoms with van der Waals surface area (Å²) in [5.74, 6) is 0.180. The Labute approximate surface area is 89.3 Å². The van der Waals surface area contributed by atoms with Gasteiger partial charge in [0.15, 0.2) is 5.96 Å². The second-order valence-corrected chi connectivity index (χ2v) is 3.18. The minimum absolute atomic E-state index is 0.180. The zero-order chi connectivity index (χ0) is 11.3. The molecule has 80 valence electrons. The summed E-state index contributed by atoms with van der Waals surface area (Å²) in [4.78, 5) is 3.74. The van der Waals surface area contributed by atoms with Gasteiger partial charge in [-0.2, -0.15) is 0 Å². The van der Waals surface area contributed by atoms with E-state index in [0.717, 1.165) is 11.3 Å². The maximum atomic E-state index is 8.97. The number of benzene rings is 1. The monoisotopic (exact) mass is 206 g/mol. The third-order valence-corrected chi connectivity index (χ3v) is 1.76. The Balaban J connectivity index is 2.72. The molecular formula is C9H15BN4O. The molecule has 0 atom stereocenters. The molecule has 0 fully saturated rings. The van der Waals surface area contributed by atoms with Gasteiger partial charge in [0.1, 0.15) is 0 Å². The lowest BCUT2D eigenvalue weighted by Gasteiger charge is -2.07. The van der Waals surface area contributed by atoms with Gasteiger partial charge in [-0.25, -0.2) is 0 Å². The normalized spacial score (nSPS) is 11.3. The van der Waals surface area contributed by atoms with Gasteiger partial charge in [-0.1, -0.05) is 12.1 Å². The molecule has 0 saturated heterocycles. The van der Waals surface area contributed by atoms with Crippen molar-refractivity contribution >= 4 is 18.7 Å². The maximum Gasteiger partial charge on any atom is 0.431 e. The zero-order valence-electron chi connectivity index (χ0n) is 8.64. The van der Waals surface area contributed by atoms with E-state index in [0.29, 0.717) is 6.54 Å². The largest absolute Gasteiger partial charge is 0.431 e. The van der Waals surface area contributed by atoms with Crippen LogP contribution in [0, 0.1) is 0 Å². The highest BCUT2D eigenvalue weighted by Crippen LogP contribution is 2.09. The molecule has 0 aliphatic rings. The Morgan fingerprint density at radius 2 is 2.33 bits per heavy atom. The minimum atomic E-state index is -0.810. The van der Waals surface area contributed by atoms with Gasteiger partial charge >= 0.3 is 7.05 Å². The molecule has 5 nitrogen and oxygen atoms in total. The molecule has 1 aromatic carbocycles. The summed E-state index contributed by atoms with van der Waals surface area (Å²) in [6, 6.07) is 7.53. The molecule has 15 heavy (non-hydrogen) atoms. The van der Waals surface area contributed by atoms with Crippen LogP contribution in [0.5, 0.6) is 0 Å². The van der Waals surface area contributed by atoms with Gasteiger partial charge in [-0.05, 0) is 24.5 Å². The highest BCUT2D eigenvalue weighted by Gasteiger charge is 2.01. The molecule has 0 unspecified atom stereocenters. The molecule has 0 radical (unpaired) electrons. The maximum absolute atomic E-state index is 8.97. The van der Waals surface area contributed by atoms with E-state index >= 15 is 0 Å². The van der Waals surface area contributed by atoms with Crippen molar-refractivity contribution in [1.29, 1.82) is 0 Å². The fourth-order valence-electron chi connectivity index (χ4n) is 1.16. The molecule has 0 bridgehead atoms. The number of nitrogens with two attached hydrogens (primary N) is 2. The van der Waals surface area contributed by atoms with E-state index in [1.54, 1.807) is 0 Å². The molecule has 0 amide bonds. The van der Waals surface area contributed by atoms with Crippen LogP contribution in [0.25, 0.3) is 0 Å². The molecular weight excluding hydrogens is 191 g/mol. The molecule has 6 N–H and O–H groups in total.